The van der Waals surface area contributed by atoms with Gasteiger partial charge >= 0.3 is 5.97 Å². The number of carbonyl (C=O) groups excluding carboxylic acids is 1. The SMILES string of the molecule is O=C(OCc1ccccc1)[C@H]1[C@H](CO)CCC[C@@H]1c1ccc(Br)cc1. The maximum absolute atomic E-state index is 12.8. The first kappa shape index (κ1) is 18.2. The number of rotatable bonds is 5. The Hall–Kier alpha value is -1.65. The fourth-order valence-electron chi connectivity index (χ4n) is 3.76. The van der Waals surface area contributed by atoms with Crippen molar-refractivity contribution in [1.29, 1.82) is 0 Å². The lowest BCUT2D eigenvalue weighted by Gasteiger charge is -2.36. The standard InChI is InChI=1S/C21H23BrO3/c22-18-11-9-16(10-12-18)19-8-4-7-17(13-23)20(19)21(24)25-14-15-5-2-1-3-6-15/h1-3,5-6,9-12,17,19-20,23H,4,7-8,13-14H2/t17-,19+,20-/m0/s1. The number of aliphatic hydroxyl groups excluding tert-OH is 1. The van der Waals surface area contributed by atoms with Gasteiger partial charge in [-0.1, -0.05) is 64.8 Å². The molecule has 1 aliphatic rings. The van der Waals surface area contributed by atoms with Crippen molar-refractivity contribution < 1.29 is 14.6 Å². The maximum Gasteiger partial charge on any atom is 0.310 e. The van der Waals surface area contributed by atoms with Crippen LogP contribution in [0.15, 0.2) is 59.1 Å². The molecule has 0 saturated heterocycles. The van der Waals surface area contributed by atoms with Crippen LogP contribution in [-0.4, -0.2) is 17.7 Å². The average molecular weight is 403 g/mol. The molecule has 0 bridgehead atoms. The Morgan fingerprint density at radius 2 is 1.80 bits per heavy atom. The fourth-order valence-corrected chi connectivity index (χ4v) is 4.02. The highest BCUT2D eigenvalue weighted by Gasteiger charge is 2.39. The third kappa shape index (κ3) is 4.50. The van der Waals surface area contributed by atoms with Gasteiger partial charge in [0, 0.05) is 11.1 Å². The average Bonchev–Trinajstić information content (AvgIpc) is 2.67. The summed E-state index contributed by atoms with van der Waals surface area (Å²) in [6, 6.07) is 17.8. The molecule has 25 heavy (non-hydrogen) atoms. The van der Waals surface area contributed by atoms with Gasteiger partial charge in [0.05, 0.1) is 5.92 Å². The highest BCUT2D eigenvalue weighted by atomic mass is 79.9. The third-order valence-electron chi connectivity index (χ3n) is 5.06. The monoisotopic (exact) mass is 402 g/mol. The number of aliphatic hydroxyl groups is 1. The topological polar surface area (TPSA) is 46.5 Å². The molecule has 3 atom stereocenters. The van der Waals surface area contributed by atoms with Crippen LogP contribution in [0.25, 0.3) is 0 Å². The second-order valence-corrected chi connectivity index (χ2v) is 7.57. The van der Waals surface area contributed by atoms with Crippen LogP contribution in [0.3, 0.4) is 0 Å². The van der Waals surface area contributed by atoms with Crippen molar-refractivity contribution in [2.75, 3.05) is 6.61 Å². The molecule has 2 aromatic rings. The van der Waals surface area contributed by atoms with Crippen LogP contribution in [0.1, 0.15) is 36.3 Å². The largest absolute Gasteiger partial charge is 0.461 e. The van der Waals surface area contributed by atoms with E-state index in [1.807, 2.05) is 42.5 Å². The summed E-state index contributed by atoms with van der Waals surface area (Å²) >= 11 is 3.46. The molecule has 2 aromatic carbocycles. The van der Waals surface area contributed by atoms with Crippen LogP contribution >= 0.6 is 15.9 Å². The smallest absolute Gasteiger partial charge is 0.310 e. The maximum atomic E-state index is 12.8. The van der Waals surface area contributed by atoms with E-state index in [0.29, 0.717) is 0 Å². The number of hydrogen-bond donors (Lipinski definition) is 1. The van der Waals surface area contributed by atoms with Gasteiger partial charge in [-0.2, -0.15) is 0 Å². The summed E-state index contributed by atoms with van der Waals surface area (Å²) in [6.45, 7) is 0.305. The molecule has 0 radical (unpaired) electrons. The number of halogens is 1. The van der Waals surface area contributed by atoms with Crippen LogP contribution in [0.2, 0.25) is 0 Å². The minimum absolute atomic E-state index is 0.0259. The van der Waals surface area contributed by atoms with Gasteiger partial charge in [0.2, 0.25) is 0 Å². The molecular weight excluding hydrogens is 380 g/mol. The molecule has 1 aliphatic carbocycles. The van der Waals surface area contributed by atoms with Crippen molar-refractivity contribution in [3.05, 3.63) is 70.2 Å². The van der Waals surface area contributed by atoms with Crippen molar-refractivity contribution in [1.82, 2.24) is 0 Å². The molecule has 1 N–H and O–H groups in total. The summed E-state index contributed by atoms with van der Waals surface area (Å²) in [5.74, 6) is -0.424. The molecule has 0 spiro atoms. The van der Waals surface area contributed by atoms with Crippen molar-refractivity contribution >= 4 is 21.9 Å². The number of benzene rings is 2. The van der Waals surface area contributed by atoms with E-state index < -0.39 is 0 Å². The first-order chi connectivity index (χ1) is 12.2. The Kier molecular flexibility index (Phi) is 6.27. The zero-order valence-electron chi connectivity index (χ0n) is 14.1. The Morgan fingerprint density at radius 3 is 2.48 bits per heavy atom. The predicted octanol–water partition coefficient (Wildman–Crippen LogP) is 4.68. The summed E-state index contributed by atoms with van der Waals surface area (Å²) in [7, 11) is 0. The molecule has 3 rings (SSSR count). The van der Waals surface area contributed by atoms with Crippen molar-refractivity contribution in [3.8, 4) is 0 Å². The van der Waals surface area contributed by atoms with Crippen LogP contribution < -0.4 is 0 Å². The lowest BCUT2D eigenvalue weighted by atomic mass is 9.69. The molecule has 0 heterocycles. The Labute approximate surface area is 157 Å². The van der Waals surface area contributed by atoms with Crippen LogP contribution in [-0.2, 0) is 16.1 Å². The van der Waals surface area contributed by atoms with E-state index in [1.165, 1.54) is 0 Å². The number of esters is 1. The van der Waals surface area contributed by atoms with E-state index in [4.69, 9.17) is 4.74 Å². The van der Waals surface area contributed by atoms with E-state index in [1.54, 1.807) is 0 Å². The molecule has 1 fully saturated rings. The van der Waals surface area contributed by atoms with E-state index in [9.17, 15) is 9.90 Å². The lowest BCUT2D eigenvalue weighted by molar-refractivity contribution is -0.155. The van der Waals surface area contributed by atoms with Gasteiger partial charge < -0.3 is 9.84 Å². The van der Waals surface area contributed by atoms with E-state index in [2.05, 4.69) is 28.1 Å². The summed E-state index contributed by atoms with van der Waals surface area (Å²) in [5.41, 5.74) is 2.12. The van der Waals surface area contributed by atoms with E-state index in [0.717, 1.165) is 34.9 Å². The van der Waals surface area contributed by atoms with E-state index in [-0.39, 0.29) is 36.9 Å². The van der Waals surface area contributed by atoms with Gasteiger partial charge in [-0.25, -0.2) is 0 Å². The van der Waals surface area contributed by atoms with Gasteiger partial charge in [0.15, 0.2) is 0 Å². The molecule has 0 unspecified atom stereocenters. The van der Waals surface area contributed by atoms with Gasteiger partial charge in [-0.3, -0.25) is 4.79 Å². The summed E-state index contributed by atoms with van der Waals surface area (Å²) in [5, 5.41) is 9.79. The Bertz CT molecular complexity index is 684. The summed E-state index contributed by atoms with van der Waals surface area (Å²) in [4.78, 5) is 12.8. The molecule has 0 amide bonds. The van der Waals surface area contributed by atoms with Crippen molar-refractivity contribution in [2.24, 2.45) is 11.8 Å². The van der Waals surface area contributed by atoms with Gasteiger partial charge in [0.25, 0.3) is 0 Å². The summed E-state index contributed by atoms with van der Waals surface area (Å²) in [6.07, 6.45) is 2.84. The van der Waals surface area contributed by atoms with E-state index >= 15 is 0 Å². The molecule has 3 nitrogen and oxygen atoms in total. The number of hydrogen-bond acceptors (Lipinski definition) is 3. The Morgan fingerprint density at radius 1 is 1.08 bits per heavy atom. The van der Waals surface area contributed by atoms with Gasteiger partial charge in [-0.15, -0.1) is 0 Å². The van der Waals surface area contributed by atoms with Crippen LogP contribution in [0.5, 0.6) is 0 Å². The predicted molar refractivity (Wildman–Crippen MR) is 101 cm³/mol. The second kappa shape index (κ2) is 8.63. The number of ether oxygens (including phenoxy) is 1. The van der Waals surface area contributed by atoms with Crippen molar-refractivity contribution in [2.45, 2.75) is 31.8 Å². The van der Waals surface area contributed by atoms with Crippen LogP contribution in [0, 0.1) is 11.8 Å². The molecule has 0 aromatic heterocycles. The van der Waals surface area contributed by atoms with Crippen LogP contribution in [0.4, 0.5) is 0 Å². The van der Waals surface area contributed by atoms with Gasteiger partial charge in [0.1, 0.15) is 6.61 Å². The quantitative estimate of drug-likeness (QED) is 0.738. The molecule has 4 heteroatoms. The fraction of sp³-hybridized carbons (Fsp3) is 0.381. The molecule has 1 saturated carbocycles. The minimum Gasteiger partial charge on any atom is -0.461 e. The lowest BCUT2D eigenvalue weighted by Crippen LogP contribution is -2.36. The second-order valence-electron chi connectivity index (χ2n) is 6.65. The van der Waals surface area contributed by atoms with Crippen molar-refractivity contribution in [3.63, 3.8) is 0 Å². The number of carbonyl (C=O) groups is 1. The first-order valence-electron chi connectivity index (χ1n) is 8.76. The zero-order valence-corrected chi connectivity index (χ0v) is 15.7. The first-order valence-corrected chi connectivity index (χ1v) is 9.55. The van der Waals surface area contributed by atoms with Gasteiger partial charge in [-0.05, 0) is 47.9 Å². The Balaban J connectivity index is 1.77. The third-order valence-corrected chi connectivity index (χ3v) is 5.59. The molecule has 132 valence electrons. The molecule has 0 aliphatic heterocycles. The zero-order chi connectivity index (χ0) is 17.6. The highest BCUT2D eigenvalue weighted by Crippen LogP contribution is 2.42. The normalized spacial score (nSPS) is 23.2. The summed E-state index contributed by atoms with van der Waals surface area (Å²) < 4.78 is 6.64. The highest BCUT2D eigenvalue weighted by molar-refractivity contribution is 9.10. The minimum atomic E-state index is -0.288. The molecular formula is C21H23BrO3.